The van der Waals surface area contributed by atoms with Gasteiger partial charge in [0, 0.05) is 17.2 Å². The van der Waals surface area contributed by atoms with Crippen molar-refractivity contribution in [1.82, 2.24) is 14.8 Å². The lowest BCUT2D eigenvalue weighted by atomic mass is 10.1. The van der Waals surface area contributed by atoms with Gasteiger partial charge >= 0.3 is 0 Å². The smallest absolute Gasteiger partial charge is 0.217 e. The maximum atomic E-state index is 6.37. The van der Waals surface area contributed by atoms with Gasteiger partial charge in [-0.25, -0.2) is 9.67 Å². The van der Waals surface area contributed by atoms with Crippen LogP contribution in [-0.2, 0) is 26.5 Å². The van der Waals surface area contributed by atoms with Gasteiger partial charge in [-0.15, -0.1) is 0 Å². The van der Waals surface area contributed by atoms with E-state index in [1.165, 1.54) is 6.33 Å². The van der Waals surface area contributed by atoms with Crippen LogP contribution < -0.4 is 0 Å². The van der Waals surface area contributed by atoms with Crippen molar-refractivity contribution in [3.63, 3.8) is 0 Å². The molecule has 1 aliphatic rings. The number of aromatic nitrogens is 3. The van der Waals surface area contributed by atoms with Crippen molar-refractivity contribution in [2.24, 2.45) is 0 Å². The first-order valence-electron chi connectivity index (χ1n) is 7.30. The van der Waals surface area contributed by atoms with Crippen molar-refractivity contribution >= 4 is 23.2 Å². The van der Waals surface area contributed by atoms with Gasteiger partial charge in [-0.05, 0) is 19.1 Å². The largest absolute Gasteiger partial charge is 0.379 e. The molecule has 2 unspecified atom stereocenters. The number of rotatable bonds is 6. The zero-order valence-corrected chi connectivity index (χ0v) is 14.1. The van der Waals surface area contributed by atoms with Crippen molar-refractivity contribution in [1.29, 1.82) is 0 Å². The lowest BCUT2D eigenvalue weighted by Gasteiger charge is -2.29. The standard InChI is InChI=1S/C15H17Cl2N3O3/c1-2-21-6-12-7-22-15(23-12,8-20-10-18-9-19-20)13-4-3-11(16)5-14(13)17/h3-5,9-10,12H,2,6-8H2,1H3. The summed E-state index contributed by atoms with van der Waals surface area (Å²) in [4.78, 5) is 3.96. The van der Waals surface area contributed by atoms with Crippen molar-refractivity contribution in [3.05, 3.63) is 46.5 Å². The van der Waals surface area contributed by atoms with Crippen LogP contribution in [0.1, 0.15) is 12.5 Å². The highest BCUT2D eigenvalue weighted by molar-refractivity contribution is 6.35. The molecule has 3 rings (SSSR count). The van der Waals surface area contributed by atoms with Gasteiger partial charge in [0.05, 0.1) is 18.2 Å². The molecular weight excluding hydrogens is 341 g/mol. The van der Waals surface area contributed by atoms with Crippen LogP contribution in [0.5, 0.6) is 0 Å². The highest BCUT2D eigenvalue weighted by Gasteiger charge is 2.45. The Morgan fingerprint density at radius 3 is 3.00 bits per heavy atom. The first kappa shape index (κ1) is 16.7. The van der Waals surface area contributed by atoms with Crippen molar-refractivity contribution < 1.29 is 14.2 Å². The average Bonchev–Trinajstić information content (AvgIpc) is 3.16. The summed E-state index contributed by atoms with van der Waals surface area (Å²) >= 11 is 12.4. The molecule has 6 nitrogen and oxygen atoms in total. The molecule has 23 heavy (non-hydrogen) atoms. The maximum Gasteiger partial charge on any atom is 0.217 e. The fourth-order valence-electron chi connectivity index (χ4n) is 2.53. The highest BCUT2D eigenvalue weighted by Crippen LogP contribution is 2.40. The van der Waals surface area contributed by atoms with Crippen LogP contribution in [0.2, 0.25) is 10.0 Å². The number of hydrogen-bond acceptors (Lipinski definition) is 5. The van der Waals surface area contributed by atoms with Gasteiger partial charge in [-0.1, -0.05) is 29.3 Å². The quantitative estimate of drug-likeness (QED) is 0.795. The van der Waals surface area contributed by atoms with E-state index in [1.54, 1.807) is 23.1 Å². The summed E-state index contributed by atoms with van der Waals surface area (Å²) in [5.74, 6) is -1.04. The zero-order chi connectivity index (χ0) is 16.3. The molecule has 2 heterocycles. The third-order valence-corrected chi connectivity index (χ3v) is 4.09. The first-order valence-corrected chi connectivity index (χ1v) is 8.06. The molecule has 1 aliphatic heterocycles. The van der Waals surface area contributed by atoms with Crippen LogP contribution in [0, 0.1) is 0 Å². The lowest BCUT2D eigenvalue weighted by molar-refractivity contribution is -0.192. The predicted octanol–water partition coefficient (Wildman–Crippen LogP) is 2.89. The third-order valence-electron chi connectivity index (χ3n) is 3.55. The topological polar surface area (TPSA) is 58.4 Å². The van der Waals surface area contributed by atoms with Crippen molar-refractivity contribution in [3.8, 4) is 0 Å². The Balaban J connectivity index is 1.91. The highest BCUT2D eigenvalue weighted by atomic mass is 35.5. The van der Waals surface area contributed by atoms with Gasteiger partial charge in [-0.3, -0.25) is 0 Å². The third kappa shape index (κ3) is 3.67. The molecule has 1 aromatic heterocycles. The molecule has 0 bridgehead atoms. The van der Waals surface area contributed by atoms with E-state index in [4.69, 9.17) is 37.4 Å². The van der Waals surface area contributed by atoms with Gasteiger partial charge in [0.15, 0.2) is 0 Å². The van der Waals surface area contributed by atoms with Gasteiger partial charge in [0.1, 0.15) is 25.3 Å². The Bertz CT molecular complexity index is 653. The molecule has 1 aromatic carbocycles. The molecular formula is C15H17Cl2N3O3. The minimum atomic E-state index is -1.04. The molecule has 1 saturated heterocycles. The molecule has 0 saturated carbocycles. The van der Waals surface area contributed by atoms with E-state index in [0.29, 0.717) is 42.0 Å². The Labute approximate surface area is 144 Å². The number of nitrogens with zero attached hydrogens (tertiary/aromatic N) is 3. The van der Waals surface area contributed by atoms with Gasteiger partial charge in [0.2, 0.25) is 5.79 Å². The molecule has 0 aliphatic carbocycles. The predicted molar refractivity (Wildman–Crippen MR) is 85.5 cm³/mol. The van der Waals surface area contributed by atoms with Gasteiger partial charge in [-0.2, -0.15) is 5.10 Å². The van der Waals surface area contributed by atoms with Crippen LogP contribution in [0.4, 0.5) is 0 Å². The van der Waals surface area contributed by atoms with Gasteiger partial charge in [0.25, 0.3) is 0 Å². The number of hydrogen-bond donors (Lipinski definition) is 0. The monoisotopic (exact) mass is 357 g/mol. The molecule has 0 spiro atoms. The Hall–Kier alpha value is -1.18. The van der Waals surface area contributed by atoms with Crippen LogP contribution in [-0.4, -0.2) is 40.7 Å². The summed E-state index contributed by atoms with van der Waals surface area (Å²) in [7, 11) is 0. The second-order valence-corrected chi connectivity index (χ2v) is 6.02. The molecule has 2 aromatic rings. The fraction of sp³-hybridized carbons (Fsp3) is 0.467. The molecule has 124 valence electrons. The van der Waals surface area contributed by atoms with E-state index in [0.717, 1.165) is 0 Å². The zero-order valence-electron chi connectivity index (χ0n) is 12.6. The van der Waals surface area contributed by atoms with Crippen molar-refractivity contribution in [2.75, 3.05) is 19.8 Å². The summed E-state index contributed by atoms with van der Waals surface area (Å²) in [6.07, 6.45) is 2.89. The Morgan fingerprint density at radius 1 is 1.43 bits per heavy atom. The normalized spacial score (nSPS) is 24.2. The second-order valence-electron chi connectivity index (χ2n) is 5.18. The number of benzene rings is 1. The lowest BCUT2D eigenvalue weighted by Crippen LogP contribution is -2.34. The molecule has 1 fully saturated rings. The minimum Gasteiger partial charge on any atom is -0.379 e. The summed E-state index contributed by atoms with van der Waals surface area (Å²) in [5.41, 5.74) is 0.707. The van der Waals surface area contributed by atoms with E-state index < -0.39 is 5.79 Å². The average molecular weight is 358 g/mol. The molecule has 8 heteroatoms. The summed E-state index contributed by atoms with van der Waals surface area (Å²) in [6, 6.07) is 5.24. The second kappa shape index (κ2) is 7.15. The van der Waals surface area contributed by atoms with E-state index in [9.17, 15) is 0 Å². The maximum absolute atomic E-state index is 6.37. The minimum absolute atomic E-state index is 0.176. The SMILES string of the molecule is CCOCC1COC(Cn2cncn2)(c2ccc(Cl)cc2Cl)O1. The van der Waals surface area contributed by atoms with Crippen LogP contribution in [0.15, 0.2) is 30.9 Å². The van der Waals surface area contributed by atoms with E-state index in [-0.39, 0.29) is 6.10 Å². The number of ether oxygens (including phenoxy) is 3. The summed E-state index contributed by atoms with van der Waals surface area (Å²) in [5, 5.41) is 5.17. The number of halogens is 2. The van der Waals surface area contributed by atoms with Crippen LogP contribution in [0.25, 0.3) is 0 Å². The van der Waals surface area contributed by atoms with Crippen molar-refractivity contribution in [2.45, 2.75) is 25.4 Å². The Morgan fingerprint density at radius 2 is 2.30 bits per heavy atom. The molecule has 2 atom stereocenters. The summed E-state index contributed by atoms with van der Waals surface area (Å²) in [6.45, 7) is 3.76. The molecule has 0 N–H and O–H groups in total. The fourth-order valence-corrected chi connectivity index (χ4v) is 3.08. The van der Waals surface area contributed by atoms with Crippen LogP contribution >= 0.6 is 23.2 Å². The molecule has 0 amide bonds. The molecule has 0 radical (unpaired) electrons. The summed E-state index contributed by atoms with van der Waals surface area (Å²) < 4.78 is 19.3. The Kier molecular flexibility index (Phi) is 5.18. The van der Waals surface area contributed by atoms with Gasteiger partial charge < -0.3 is 14.2 Å². The van der Waals surface area contributed by atoms with E-state index in [1.807, 2.05) is 13.0 Å². The van der Waals surface area contributed by atoms with Crippen LogP contribution in [0.3, 0.4) is 0 Å². The first-order chi connectivity index (χ1) is 11.1. The van der Waals surface area contributed by atoms with E-state index >= 15 is 0 Å². The van der Waals surface area contributed by atoms with E-state index in [2.05, 4.69) is 10.1 Å².